The van der Waals surface area contributed by atoms with Crippen LogP contribution in [0.5, 0.6) is 0 Å². The second kappa shape index (κ2) is 7.30. The van der Waals surface area contributed by atoms with E-state index in [0.717, 1.165) is 0 Å². The van der Waals surface area contributed by atoms with E-state index in [-0.39, 0.29) is 11.9 Å². The van der Waals surface area contributed by atoms with Crippen LogP contribution in [0.25, 0.3) is 0 Å². The number of guanidine groups is 2. The monoisotopic (exact) mass is 212 g/mol. The summed E-state index contributed by atoms with van der Waals surface area (Å²) in [7, 11) is 3.11. The fraction of sp³-hybridized carbons (Fsp3) is 0.429. The van der Waals surface area contributed by atoms with Crippen molar-refractivity contribution in [1.29, 1.82) is 0 Å². The van der Waals surface area contributed by atoms with E-state index in [1.165, 1.54) is 6.21 Å². The summed E-state index contributed by atoms with van der Waals surface area (Å²) in [5.74, 6) is 0.451. The summed E-state index contributed by atoms with van der Waals surface area (Å²) in [6, 6.07) is 0. The topological polar surface area (TPSA) is 126 Å². The first-order valence-electron chi connectivity index (χ1n) is 4.14. The van der Waals surface area contributed by atoms with Gasteiger partial charge in [0.1, 0.15) is 0 Å². The molecule has 0 aromatic rings. The van der Waals surface area contributed by atoms with Crippen LogP contribution in [0.2, 0.25) is 0 Å². The standard InChI is InChI=1S/C7H16N8/c1-5(13-15-7(9)11-3)4-12-14-6(8)10-2/h4H,1-3H3,(H3,8,10,14)(H3,9,11,15). The molecule has 0 unspecified atom stereocenters. The minimum atomic E-state index is 0.224. The number of hydrogen-bond acceptors (Lipinski definition) is 4. The van der Waals surface area contributed by atoms with Gasteiger partial charge in [-0.05, 0) is 6.92 Å². The first kappa shape index (κ1) is 12.9. The number of aliphatic imine (C=N–C) groups is 2. The quantitative estimate of drug-likeness (QED) is 0.256. The third kappa shape index (κ3) is 6.99. The average Bonchev–Trinajstić information content (AvgIpc) is 2.25. The van der Waals surface area contributed by atoms with Gasteiger partial charge in [0.2, 0.25) is 11.9 Å². The Morgan fingerprint density at radius 2 is 1.60 bits per heavy atom. The molecule has 0 aliphatic heterocycles. The van der Waals surface area contributed by atoms with E-state index in [9.17, 15) is 0 Å². The SMILES string of the molecule is CN=C(N)NN=CC(C)=NNC(N)=NC. The van der Waals surface area contributed by atoms with Crippen LogP contribution < -0.4 is 22.3 Å². The molecule has 0 amide bonds. The van der Waals surface area contributed by atoms with E-state index in [1.54, 1.807) is 21.0 Å². The summed E-state index contributed by atoms with van der Waals surface area (Å²) in [6.07, 6.45) is 1.47. The van der Waals surface area contributed by atoms with Crippen LogP contribution in [0.3, 0.4) is 0 Å². The molecule has 0 saturated carbocycles. The maximum absolute atomic E-state index is 5.35. The second-order valence-corrected chi connectivity index (χ2v) is 2.45. The molecule has 6 N–H and O–H groups in total. The summed E-state index contributed by atoms with van der Waals surface area (Å²) < 4.78 is 0. The summed E-state index contributed by atoms with van der Waals surface area (Å²) in [6.45, 7) is 1.74. The number of nitrogens with zero attached hydrogens (tertiary/aromatic N) is 4. The van der Waals surface area contributed by atoms with Crippen LogP contribution in [-0.2, 0) is 0 Å². The van der Waals surface area contributed by atoms with E-state index >= 15 is 0 Å². The molecule has 0 atom stereocenters. The van der Waals surface area contributed by atoms with Gasteiger partial charge in [0.05, 0.1) is 11.9 Å². The van der Waals surface area contributed by atoms with Gasteiger partial charge in [-0.1, -0.05) is 0 Å². The van der Waals surface area contributed by atoms with Crippen molar-refractivity contribution in [3.8, 4) is 0 Å². The Labute approximate surface area is 88.2 Å². The summed E-state index contributed by atoms with van der Waals surface area (Å²) in [5, 5.41) is 7.62. The Hall–Kier alpha value is -2.12. The molecule has 0 aromatic heterocycles. The summed E-state index contributed by atoms with van der Waals surface area (Å²) in [4.78, 5) is 7.31. The van der Waals surface area contributed by atoms with Gasteiger partial charge in [-0.15, -0.1) is 0 Å². The van der Waals surface area contributed by atoms with E-state index in [0.29, 0.717) is 5.71 Å². The lowest BCUT2D eigenvalue weighted by molar-refractivity contribution is 0.993. The molecule has 8 heteroatoms. The van der Waals surface area contributed by atoms with Crippen molar-refractivity contribution in [3.63, 3.8) is 0 Å². The molecule has 0 aromatic carbocycles. The van der Waals surface area contributed by atoms with Gasteiger partial charge in [-0.2, -0.15) is 10.2 Å². The van der Waals surface area contributed by atoms with Crippen molar-refractivity contribution in [2.75, 3.05) is 14.1 Å². The molecule has 8 nitrogen and oxygen atoms in total. The van der Waals surface area contributed by atoms with Crippen LogP contribution in [-0.4, -0.2) is 37.9 Å². The van der Waals surface area contributed by atoms with Gasteiger partial charge in [0.25, 0.3) is 0 Å². The number of nitrogens with two attached hydrogens (primary N) is 2. The zero-order valence-corrected chi connectivity index (χ0v) is 9.02. The second-order valence-electron chi connectivity index (χ2n) is 2.45. The zero-order chi connectivity index (χ0) is 11.7. The molecule has 0 rings (SSSR count). The Morgan fingerprint density at radius 1 is 1.07 bits per heavy atom. The Kier molecular flexibility index (Phi) is 6.27. The third-order valence-electron chi connectivity index (χ3n) is 1.26. The number of hydrazone groups is 2. The molecule has 0 heterocycles. The van der Waals surface area contributed by atoms with Crippen LogP contribution >= 0.6 is 0 Å². The summed E-state index contributed by atoms with van der Waals surface area (Å²) in [5.41, 5.74) is 16.3. The lowest BCUT2D eigenvalue weighted by atomic mass is 10.5. The average molecular weight is 212 g/mol. The van der Waals surface area contributed by atoms with Crippen molar-refractivity contribution in [2.45, 2.75) is 6.92 Å². The van der Waals surface area contributed by atoms with Gasteiger partial charge in [-0.25, -0.2) is 10.9 Å². The van der Waals surface area contributed by atoms with Gasteiger partial charge in [-0.3, -0.25) is 9.98 Å². The lowest BCUT2D eigenvalue weighted by Crippen LogP contribution is -2.29. The van der Waals surface area contributed by atoms with Crippen molar-refractivity contribution in [3.05, 3.63) is 0 Å². The molecule has 0 aliphatic rings. The molecular formula is C7H16N8. The minimum absolute atomic E-state index is 0.224. The molecular weight excluding hydrogens is 196 g/mol. The van der Waals surface area contributed by atoms with E-state index < -0.39 is 0 Å². The molecule has 84 valence electrons. The predicted octanol–water partition coefficient (Wildman–Crippen LogP) is -1.58. The van der Waals surface area contributed by atoms with Crippen molar-refractivity contribution in [1.82, 2.24) is 10.9 Å². The molecule has 0 fully saturated rings. The first-order valence-corrected chi connectivity index (χ1v) is 4.14. The lowest BCUT2D eigenvalue weighted by Gasteiger charge is -1.98. The summed E-state index contributed by atoms with van der Waals surface area (Å²) >= 11 is 0. The maximum Gasteiger partial charge on any atom is 0.209 e. The Balaban J connectivity index is 4.07. The highest BCUT2D eigenvalue weighted by molar-refractivity contribution is 6.29. The van der Waals surface area contributed by atoms with Crippen molar-refractivity contribution >= 4 is 23.8 Å². The number of rotatable bonds is 3. The van der Waals surface area contributed by atoms with Gasteiger partial charge < -0.3 is 11.5 Å². The van der Waals surface area contributed by atoms with Gasteiger partial charge in [0.15, 0.2) is 0 Å². The normalized spacial score (nSPS) is 14.5. The third-order valence-corrected chi connectivity index (χ3v) is 1.26. The highest BCUT2D eigenvalue weighted by atomic mass is 15.4. The molecule has 0 saturated heterocycles. The zero-order valence-electron chi connectivity index (χ0n) is 9.02. The fourth-order valence-corrected chi connectivity index (χ4v) is 0.466. The van der Waals surface area contributed by atoms with Crippen molar-refractivity contribution < 1.29 is 0 Å². The highest BCUT2D eigenvalue weighted by Gasteiger charge is 1.87. The van der Waals surface area contributed by atoms with E-state index in [2.05, 4.69) is 31.0 Å². The molecule has 15 heavy (non-hydrogen) atoms. The smallest absolute Gasteiger partial charge is 0.209 e. The molecule has 0 radical (unpaired) electrons. The maximum atomic E-state index is 5.35. The largest absolute Gasteiger partial charge is 0.369 e. The van der Waals surface area contributed by atoms with Crippen LogP contribution in [0.1, 0.15) is 6.92 Å². The molecule has 0 spiro atoms. The predicted molar refractivity (Wildman–Crippen MR) is 63.0 cm³/mol. The van der Waals surface area contributed by atoms with E-state index in [4.69, 9.17) is 11.5 Å². The molecule has 0 aliphatic carbocycles. The Bertz CT molecular complexity index is 300. The van der Waals surface area contributed by atoms with Gasteiger partial charge in [0, 0.05) is 14.1 Å². The van der Waals surface area contributed by atoms with Crippen LogP contribution in [0, 0.1) is 0 Å². The highest BCUT2D eigenvalue weighted by Crippen LogP contribution is 1.70. The number of hydrogen-bond donors (Lipinski definition) is 4. The number of nitrogens with one attached hydrogen (secondary N) is 2. The molecule has 0 bridgehead atoms. The van der Waals surface area contributed by atoms with E-state index in [1.807, 2.05) is 0 Å². The Morgan fingerprint density at radius 3 is 2.13 bits per heavy atom. The van der Waals surface area contributed by atoms with Gasteiger partial charge >= 0.3 is 0 Å². The first-order chi connectivity index (χ1) is 7.10. The minimum Gasteiger partial charge on any atom is -0.369 e. The van der Waals surface area contributed by atoms with Crippen LogP contribution in [0.15, 0.2) is 20.2 Å². The van der Waals surface area contributed by atoms with Crippen molar-refractivity contribution in [2.24, 2.45) is 31.7 Å². The fourth-order valence-electron chi connectivity index (χ4n) is 0.466. The van der Waals surface area contributed by atoms with Crippen LogP contribution in [0.4, 0.5) is 0 Å².